The van der Waals surface area contributed by atoms with E-state index in [1.165, 1.54) is 32.8 Å². The number of likely N-dealkylation sites (tertiary alicyclic amines) is 1. The van der Waals surface area contributed by atoms with Crippen molar-refractivity contribution in [3.8, 4) is 0 Å². The standard InChI is InChI=1S/C21H22F2N6O2/c22-13-3-4-16(23)15(10-13)18-2-1-7-28(18)19-6-9-29-20(26-19)17(11-24-29)25-21(31)27-8-5-14(30)12-27/h3-4,6,9-11,14,18,30H,1-2,5,7-8,12H2,(H,25,31)/t14-,18-/m0/s1/i2D2,18D. The van der Waals surface area contributed by atoms with Gasteiger partial charge in [-0.2, -0.15) is 5.10 Å². The zero-order valence-corrected chi connectivity index (χ0v) is 16.4. The van der Waals surface area contributed by atoms with E-state index in [1.807, 2.05) is 0 Å². The Bertz CT molecular complexity index is 1270. The quantitative estimate of drug-likeness (QED) is 0.666. The summed E-state index contributed by atoms with van der Waals surface area (Å²) in [6.07, 6.45) is 0.549. The molecule has 2 aliphatic heterocycles. The normalized spacial score (nSPS) is 26.7. The van der Waals surface area contributed by atoms with Gasteiger partial charge in [-0.3, -0.25) is 0 Å². The van der Waals surface area contributed by atoms with Gasteiger partial charge in [0.1, 0.15) is 23.1 Å². The Hall–Kier alpha value is -3.27. The number of benzene rings is 1. The minimum Gasteiger partial charge on any atom is -0.391 e. The summed E-state index contributed by atoms with van der Waals surface area (Å²) in [6, 6.07) is 1.44. The molecule has 2 atom stereocenters. The number of aromatic nitrogens is 3. The molecule has 162 valence electrons. The number of urea groups is 1. The highest BCUT2D eigenvalue weighted by Gasteiger charge is 2.30. The first-order chi connectivity index (χ1) is 16.1. The van der Waals surface area contributed by atoms with Crippen molar-refractivity contribution in [2.75, 3.05) is 29.9 Å². The summed E-state index contributed by atoms with van der Waals surface area (Å²) in [5.74, 6) is -1.51. The van der Waals surface area contributed by atoms with E-state index in [2.05, 4.69) is 15.4 Å². The van der Waals surface area contributed by atoms with Crippen LogP contribution in [0.2, 0.25) is 0 Å². The number of anilines is 2. The Morgan fingerprint density at radius 1 is 1.32 bits per heavy atom. The molecule has 3 aromatic rings. The maximum atomic E-state index is 14.7. The van der Waals surface area contributed by atoms with Gasteiger partial charge < -0.3 is 20.2 Å². The zero-order chi connectivity index (χ0) is 24.3. The number of carbonyl (C=O) groups is 1. The Morgan fingerprint density at radius 2 is 2.19 bits per heavy atom. The molecule has 2 N–H and O–H groups in total. The smallest absolute Gasteiger partial charge is 0.322 e. The minimum atomic E-state index is -2.28. The van der Waals surface area contributed by atoms with Gasteiger partial charge in [-0.25, -0.2) is 23.1 Å². The van der Waals surface area contributed by atoms with Crippen LogP contribution in [0, 0.1) is 11.6 Å². The zero-order valence-electron chi connectivity index (χ0n) is 19.4. The molecule has 0 spiro atoms. The van der Waals surface area contributed by atoms with Gasteiger partial charge in [-0.1, -0.05) is 0 Å². The number of fused-ring (bicyclic) bond motifs is 1. The number of β-amino-alcohol motifs (C(OH)–C–C–N with tert-alkyl or cyclic N) is 1. The highest BCUT2D eigenvalue weighted by molar-refractivity contribution is 5.93. The number of hydrogen-bond acceptors (Lipinski definition) is 5. The number of carbonyl (C=O) groups excluding carboxylic acids is 1. The summed E-state index contributed by atoms with van der Waals surface area (Å²) in [4.78, 5) is 19.8. The fourth-order valence-corrected chi connectivity index (χ4v) is 3.86. The molecule has 2 saturated heterocycles. The van der Waals surface area contributed by atoms with Crippen LogP contribution in [0.4, 0.5) is 25.1 Å². The topological polar surface area (TPSA) is 86.0 Å². The lowest BCUT2D eigenvalue weighted by atomic mass is 10.0. The number of aliphatic hydroxyl groups is 1. The van der Waals surface area contributed by atoms with E-state index in [4.69, 9.17) is 4.11 Å². The summed E-state index contributed by atoms with van der Waals surface area (Å²) >= 11 is 0. The van der Waals surface area contributed by atoms with Crippen LogP contribution in [-0.2, 0) is 0 Å². The molecule has 0 aliphatic carbocycles. The second kappa shape index (κ2) is 7.77. The van der Waals surface area contributed by atoms with E-state index in [1.54, 1.807) is 0 Å². The van der Waals surface area contributed by atoms with E-state index < -0.39 is 41.7 Å². The van der Waals surface area contributed by atoms with Gasteiger partial charge in [0.25, 0.3) is 0 Å². The van der Waals surface area contributed by atoms with Gasteiger partial charge in [-0.05, 0) is 43.5 Å². The maximum Gasteiger partial charge on any atom is 0.322 e. The Kier molecular flexibility index (Phi) is 4.12. The van der Waals surface area contributed by atoms with E-state index in [9.17, 15) is 18.7 Å². The van der Waals surface area contributed by atoms with Crippen LogP contribution >= 0.6 is 0 Å². The van der Waals surface area contributed by atoms with Gasteiger partial charge in [0.15, 0.2) is 5.65 Å². The first-order valence-electron chi connectivity index (χ1n) is 11.4. The molecule has 5 rings (SSSR count). The molecule has 8 nitrogen and oxygen atoms in total. The molecular weight excluding hydrogens is 406 g/mol. The van der Waals surface area contributed by atoms with Crippen LogP contribution < -0.4 is 10.2 Å². The Balaban J connectivity index is 1.53. The molecule has 0 saturated carbocycles. The van der Waals surface area contributed by atoms with Crippen molar-refractivity contribution in [2.24, 2.45) is 0 Å². The molecule has 0 bridgehead atoms. The third kappa shape index (κ3) is 3.67. The predicted molar refractivity (Wildman–Crippen MR) is 110 cm³/mol. The van der Waals surface area contributed by atoms with Crippen molar-refractivity contribution >= 4 is 23.2 Å². The van der Waals surface area contributed by atoms with Crippen molar-refractivity contribution < 1.29 is 22.8 Å². The summed E-state index contributed by atoms with van der Waals surface area (Å²) in [7, 11) is 0. The van der Waals surface area contributed by atoms with Crippen molar-refractivity contribution in [2.45, 2.75) is 31.3 Å². The fourth-order valence-electron chi connectivity index (χ4n) is 3.86. The van der Waals surface area contributed by atoms with Crippen molar-refractivity contribution in [3.05, 3.63) is 53.9 Å². The molecule has 0 radical (unpaired) electrons. The van der Waals surface area contributed by atoms with Gasteiger partial charge >= 0.3 is 6.03 Å². The molecule has 2 fully saturated rings. The minimum absolute atomic E-state index is 0.0388. The number of aliphatic hydroxyl groups excluding tert-OH is 1. The Morgan fingerprint density at radius 3 is 3.00 bits per heavy atom. The molecule has 0 unspecified atom stereocenters. The van der Waals surface area contributed by atoms with Crippen molar-refractivity contribution in [1.29, 1.82) is 0 Å². The molecule has 2 amide bonds. The predicted octanol–water partition coefficient (Wildman–Crippen LogP) is 2.95. The number of hydrogen-bond donors (Lipinski definition) is 2. The van der Waals surface area contributed by atoms with Crippen LogP contribution in [0.3, 0.4) is 0 Å². The second-order valence-corrected chi connectivity index (χ2v) is 7.48. The Labute approximate surface area is 181 Å². The highest BCUT2D eigenvalue weighted by Crippen LogP contribution is 2.37. The molecule has 10 heteroatoms. The van der Waals surface area contributed by atoms with E-state index in [0.29, 0.717) is 13.0 Å². The average molecular weight is 431 g/mol. The van der Waals surface area contributed by atoms with Crippen LogP contribution in [0.25, 0.3) is 5.65 Å². The lowest BCUT2D eigenvalue weighted by Crippen LogP contribution is -2.33. The summed E-state index contributed by atoms with van der Waals surface area (Å²) in [5, 5.41) is 16.5. The summed E-state index contributed by atoms with van der Waals surface area (Å²) in [6.45, 7) is 0.665. The highest BCUT2D eigenvalue weighted by atomic mass is 19.1. The van der Waals surface area contributed by atoms with Gasteiger partial charge in [-0.15, -0.1) is 0 Å². The molecule has 2 aliphatic rings. The van der Waals surface area contributed by atoms with Gasteiger partial charge in [0, 0.05) is 34.1 Å². The fraction of sp³-hybridized carbons (Fsp3) is 0.381. The van der Waals surface area contributed by atoms with Crippen LogP contribution in [0.15, 0.2) is 36.7 Å². The largest absolute Gasteiger partial charge is 0.391 e. The van der Waals surface area contributed by atoms with Crippen LogP contribution in [0.1, 0.15) is 34.9 Å². The van der Waals surface area contributed by atoms with Gasteiger partial charge in [0.2, 0.25) is 0 Å². The number of halogens is 2. The number of nitrogens with one attached hydrogen (secondary N) is 1. The first-order valence-corrected chi connectivity index (χ1v) is 9.92. The first kappa shape index (κ1) is 16.4. The number of nitrogens with zero attached hydrogens (tertiary/aromatic N) is 5. The molecule has 2 aromatic heterocycles. The van der Waals surface area contributed by atoms with Crippen molar-refractivity contribution in [3.63, 3.8) is 0 Å². The number of amides is 2. The molecular formula is C21H22F2N6O2. The SMILES string of the molecule is [2H]C1([2H])CCN(c2ccn3ncc(NC(=O)N4CC[C@H](O)C4)c3n2)[C@]1([2H])c1cc(F)ccc1F. The number of rotatable bonds is 3. The molecule has 31 heavy (non-hydrogen) atoms. The third-order valence-corrected chi connectivity index (χ3v) is 5.40. The van der Waals surface area contributed by atoms with Crippen molar-refractivity contribution in [1.82, 2.24) is 19.5 Å². The van der Waals surface area contributed by atoms with E-state index >= 15 is 0 Å². The molecule has 1 aromatic carbocycles. The van der Waals surface area contributed by atoms with Crippen LogP contribution in [-0.4, -0.2) is 56.4 Å². The van der Waals surface area contributed by atoms with Gasteiger partial charge in [0.05, 0.1) is 19.7 Å². The lowest BCUT2D eigenvalue weighted by molar-refractivity contribution is 0.176. The monoisotopic (exact) mass is 431 g/mol. The lowest BCUT2D eigenvalue weighted by Gasteiger charge is -2.26. The summed E-state index contributed by atoms with van der Waals surface area (Å²) < 4.78 is 55.9. The van der Waals surface area contributed by atoms with Crippen LogP contribution in [0.5, 0.6) is 0 Å². The average Bonchev–Trinajstić information content (AvgIpc) is 3.47. The van der Waals surface area contributed by atoms with E-state index in [-0.39, 0.29) is 36.7 Å². The second-order valence-electron chi connectivity index (χ2n) is 7.48. The summed E-state index contributed by atoms with van der Waals surface area (Å²) in [5.41, 5.74) is 0.0920. The van der Waals surface area contributed by atoms with E-state index in [0.717, 1.165) is 18.2 Å². The third-order valence-electron chi connectivity index (χ3n) is 5.40. The maximum absolute atomic E-state index is 14.7. The molecule has 4 heterocycles.